The normalized spacial score (nSPS) is 19.0. The number of aliphatic imine (C=N–C) groups is 1. The van der Waals surface area contributed by atoms with Crippen molar-refractivity contribution in [1.29, 1.82) is 0 Å². The first-order valence-corrected chi connectivity index (χ1v) is 10.4. The van der Waals surface area contributed by atoms with Crippen LogP contribution in [-0.2, 0) is 20.4 Å². The molecular formula is C25H28N2O3. The average molecular weight is 405 g/mol. The topological polar surface area (TPSA) is 67.8 Å². The molecule has 0 unspecified atom stereocenters. The van der Waals surface area contributed by atoms with Gasteiger partial charge in [0.15, 0.2) is 0 Å². The van der Waals surface area contributed by atoms with E-state index in [4.69, 9.17) is 9.73 Å². The Hall–Kier alpha value is -2.95. The number of nitrogens with zero attached hydrogens (tertiary/aromatic N) is 1. The van der Waals surface area contributed by atoms with Crippen molar-refractivity contribution in [1.82, 2.24) is 0 Å². The number of carbonyl (C=O) groups excluding carboxylic acids is 2. The van der Waals surface area contributed by atoms with Crippen molar-refractivity contribution in [2.75, 3.05) is 12.4 Å². The standard InChI is InChI=1S/C25H28N2O3/c1-24(2)10-11-25(3,4)18-13-21-20(12-17(18)24)26-19(14-22(28)27-21)15-6-8-16(9-7-15)23(29)30-5/h6-9,12-13H,10-11,14H2,1-5H3,(H,27,28). The van der Waals surface area contributed by atoms with Crippen LogP contribution in [-0.4, -0.2) is 24.7 Å². The maximum absolute atomic E-state index is 12.6. The van der Waals surface area contributed by atoms with Crippen molar-refractivity contribution in [2.24, 2.45) is 4.99 Å². The predicted octanol–water partition coefficient (Wildman–Crippen LogP) is 5.29. The highest BCUT2D eigenvalue weighted by molar-refractivity contribution is 6.17. The molecule has 0 fully saturated rings. The van der Waals surface area contributed by atoms with Crippen molar-refractivity contribution in [3.05, 3.63) is 58.7 Å². The van der Waals surface area contributed by atoms with Gasteiger partial charge in [0.1, 0.15) is 0 Å². The lowest BCUT2D eigenvalue weighted by Gasteiger charge is -2.42. The lowest BCUT2D eigenvalue weighted by atomic mass is 9.63. The second kappa shape index (κ2) is 7.08. The fourth-order valence-corrected chi connectivity index (χ4v) is 4.41. The van der Waals surface area contributed by atoms with E-state index >= 15 is 0 Å². The van der Waals surface area contributed by atoms with Gasteiger partial charge in [0.2, 0.25) is 5.91 Å². The summed E-state index contributed by atoms with van der Waals surface area (Å²) in [5.74, 6) is -0.471. The molecule has 0 bridgehead atoms. The first-order valence-electron chi connectivity index (χ1n) is 10.4. The molecule has 5 heteroatoms. The minimum atomic E-state index is -0.385. The minimum Gasteiger partial charge on any atom is -0.465 e. The monoisotopic (exact) mass is 404 g/mol. The molecule has 2 aromatic carbocycles. The van der Waals surface area contributed by atoms with Crippen LogP contribution < -0.4 is 5.32 Å². The Labute approximate surface area is 177 Å². The highest BCUT2D eigenvalue weighted by Crippen LogP contribution is 2.49. The van der Waals surface area contributed by atoms with Crippen LogP contribution in [0.25, 0.3) is 0 Å². The fourth-order valence-electron chi connectivity index (χ4n) is 4.41. The number of fused-ring (bicyclic) bond motifs is 2. The number of carbonyl (C=O) groups is 2. The fraction of sp³-hybridized carbons (Fsp3) is 0.400. The summed E-state index contributed by atoms with van der Waals surface area (Å²) in [7, 11) is 1.36. The molecule has 2 aromatic rings. The third-order valence-electron chi connectivity index (χ3n) is 6.47. The van der Waals surface area contributed by atoms with Crippen molar-refractivity contribution in [3.8, 4) is 0 Å². The quantitative estimate of drug-likeness (QED) is 0.692. The van der Waals surface area contributed by atoms with Gasteiger partial charge in [0.25, 0.3) is 0 Å². The predicted molar refractivity (Wildman–Crippen MR) is 119 cm³/mol. The van der Waals surface area contributed by atoms with E-state index in [9.17, 15) is 9.59 Å². The Morgan fingerprint density at radius 1 is 1.00 bits per heavy atom. The third-order valence-corrected chi connectivity index (χ3v) is 6.47. The maximum atomic E-state index is 12.6. The van der Waals surface area contributed by atoms with E-state index < -0.39 is 0 Å². The van der Waals surface area contributed by atoms with Crippen LogP contribution in [0.4, 0.5) is 11.4 Å². The van der Waals surface area contributed by atoms with Gasteiger partial charge >= 0.3 is 5.97 Å². The first kappa shape index (κ1) is 20.3. The molecule has 4 rings (SSSR count). The van der Waals surface area contributed by atoms with Crippen LogP contribution in [0.1, 0.15) is 74.0 Å². The largest absolute Gasteiger partial charge is 0.465 e. The molecule has 1 aliphatic carbocycles. The molecule has 1 N–H and O–H groups in total. The van der Waals surface area contributed by atoms with Crippen molar-refractivity contribution >= 4 is 29.0 Å². The second-order valence-corrected chi connectivity index (χ2v) is 9.54. The number of ether oxygens (including phenoxy) is 1. The van der Waals surface area contributed by atoms with Gasteiger partial charge in [-0.15, -0.1) is 0 Å². The van der Waals surface area contributed by atoms with Gasteiger partial charge in [-0.2, -0.15) is 0 Å². The van der Waals surface area contributed by atoms with Crippen LogP contribution in [0.2, 0.25) is 0 Å². The van der Waals surface area contributed by atoms with Crippen molar-refractivity contribution < 1.29 is 14.3 Å². The van der Waals surface area contributed by atoms with Crippen molar-refractivity contribution in [2.45, 2.75) is 57.8 Å². The van der Waals surface area contributed by atoms with Crippen LogP contribution in [0, 0.1) is 0 Å². The highest BCUT2D eigenvalue weighted by Gasteiger charge is 2.38. The number of amides is 1. The van der Waals surface area contributed by atoms with Crippen molar-refractivity contribution in [3.63, 3.8) is 0 Å². The molecule has 5 nitrogen and oxygen atoms in total. The molecule has 30 heavy (non-hydrogen) atoms. The van der Waals surface area contributed by atoms with Gasteiger partial charge in [0.05, 0.1) is 36.2 Å². The van der Waals surface area contributed by atoms with Crippen LogP contribution in [0.5, 0.6) is 0 Å². The summed E-state index contributed by atoms with van der Waals surface area (Å²) < 4.78 is 4.76. The lowest BCUT2D eigenvalue weighted by Crippen LogP contribution is -2.33. The number of anilines is 1. The van der Waals surface area contributed by atoms with E-state index in [1.165, 1.54) is 18.2 Å². The summed E-state index contributed by atoms with van der Waals surface area (Å²) in [4.78, 5) is 29.2. The molecule has 0 saturated heterocycles. The Kier molecular flexibility index (Phi) is 4.80. The zero-order chi connectivity index (χ0) is 21.7. The smallest absolute Gasteiger partial charge is 0.337 e. The number of hydrogen-bond donors (Lipinski definition) is 1. The van der Waals surface area contributed by atoms with Crippen LogP contribution in [0.15, 0.2) is 41.4 Å². The minimum absolute atomic E-state index is 0.0627. The summed E-state index contributed by atoms with van der Waals surface area (Å²) >= 11 is 0. The van der Waals surface area contributed by atoms with E-state index in [1.54, 1.807) is 12.1 Å². The van der Waals surface area contributed by atoms with Gasteiger partial charge in [-0.3, -0.25) is 9.79 Å². The molecule has 0 radical (unpaired) electrons. The number of rotatable bonds is 2. The summed E-state index contributed by atoms with van der Waals surface area (Å²) in [6, 6.07) is 11.3. The second-order valence-electron chi connectivity index (χ2n) is 9.54. The Morgan fingerprint density at radius 3 is 2.20 bits per heavy atom. The van der Waals surface area contributed by atoms with E-state index in [0.717, 1.165) is 29.8 Å². The van der Waals surface area contributed by atoms with Gasteiger partial charge in [-0.05, 0) is 64.6 Å². The Balaban J connectivity index is 1.82. The number of nitrogens with one attached hydrogen (secondary N) is 1. The number of benzene rings is 2. The van der Waals surface area contributed by atoms with E-state index in [1.807, 2.05) is 12.1 Å². The zero-order valence-corrected chi connectivity index (χ0v) is 18.3. The van der Waals surface area contributed by atoms with E-state index in [2.05, 4.69) is 45.1 Å². The molecular weight excluding hydrogens is 376 g/mol. The molecule has 2 aliphatic rings. The molecule has 0 aromatic heterocycles. The van der Waals surface area contributed by atoms with E-state index in [-0.39, 0.29) is 29.1 Å². The van der Waals surface area contributed by atoms with Gasteiger partial charge < -0.3 is 10.1 Å². The molecule has 0 atom stereocenters. The summed E-state index contributed by atoms with van der Waals surface area (Å²) in [6.45, 7) is 9.09. The molecule has 1 aliphatic heterocycles. The summed E-state index contributed by atoms with van der Waals surface area (Å²) in [5.41, 5.74) is 6.26. The molecule has 0 spiro atoms. The molecule has 1 amide bonds. The third kappa shape index (κ3) is 3.53. The van der Waals surface area contributed by atoms with Gasteiger partial charge in [-0.1, -0.05) is 39.8 Å². The van der Waals surface area contributed by atoms with Gasteiger partial charge in [0, 0.05) is 0 Å². The maximum Gasteiger partial charge on any atom is 0.337 e. The first-order chi connectivity index (χ1) is 14.1. The Bertz CT molecular complexity index is 1060. The molecule has 0 saturated carbocycles. The Morgan fingerprint density at radius 2 is 1.60 bits per heavy atom. The highest BCUT2D eigenvalue weighted by atomic mass is 16.5. The van der Waals surface area contributed by atoms with Crippen LogP contribution in [0.3, 0.4) is 0 Å². The summed E-state index contributed by atoms with van der Waals surface area (Å²) in [6.07, 6.45) is 2.41. The number of esters is 1. The number of hydrogen-bond acceptors (Lipinski definition) is 4. The van der Waals surface area contributed by atoms with E-state index in [0.29, 0.717) is 11.3 Å². The zero-order valence-electron chi connectivity index (χ0n) is 18.3. The van der Waals surface area contributed by atoms with Gasteiger partial charge in [-0.25, -0.2) is 4.79 Å². The number of methoxy groups -OCH3 is 1. The summed E-state index contributed by atoms with van der Waals surface area (Å²) in [5, 5.41) is 3.05. The lowest BCUT2D eigenvalue weighted by molar-refractivity contribution is -0.115. The van der Waals surface area contributed by atoms with Crippen LogP contribution >= 0.6 is 0 Å². The SMILES string of the molecule is COC(=O)c1ccc(C2=Nc3cc4c(cc3NC(=O)C2)C(C)(C)CCC4(C)C)cc1. The molecule has 1 heterocycles. The molecule has 156 valence electrons. The average Bonchev–Trinajstić information content (AvgIpc) is 2.87.